The molecule has 2 aromatic carbocycles. The molecular weight excluding hydrogens is 456 g/mol. The number of amides is 1. The van der Waals surface area contributed by atoms with Crippen molar-refractivity contribution in [2.75, 3.05) is 54.6 Å². The second-order valence-electron chi connectivity index (χ2n) is 8.65. The number of fused-ring (bicyclic) bond motifs is 2. The van der Waals surface area contributed by atoms with Crippen LogP contribution < -0.4 is 24.3 Å². The van der Waals surface area contributed by atoms with Crippen molar-refractivity contribution in [1.29, 1.82) is 0 Å². The predicted molar refractivity (Wildman–Crippen MR) is 134 cm³/mol. The normalized spacial score (nSPS) is 16.4. The molecule has 0 spiro atoms. The van der Waals surface area contributed by atoms with E-state index in [1.165, 1.54) is 11.1 Å². The summed E-state index contributed by atoms with van der Waals surface area (Å²) in [5.41, 5.74) is 4.88. The molecule has 1 N–H and O–H groups in total. The van der Waals surface area contributed by atoms with Crippen molar-refractivity contribution in [3.05, 3.63) is 46.5 Å². The Morgan fingerprint density at radius 2 is 1.47 bits per heavy atom. The Morgan fingerprint density at radius 3 is 2.12 bits per heavy atom. The molecule has 8 heteroatoms. The minimum atomic E-state index is 0. The Kier molecular flexibility index (Phi) is 8.91. The Bertz CT molecular complexity index is 1010. The lowest BCUT2D eigenvalue weighted by molar-refractivity contribution is -0.130. The summed E-state index contributed by atoms with van der Waals surface area (Å²) in [6.07, 6.45) is 3.23. The first-order chi connectivity index (χ1) is 16.1. The summed E-state index contributed by atoms with van der Waals surface area (Å²) < 4.78 is 21.7. The summed E-state index contributed by atoms with van der Waals surface area (Å²) >= 11 is 0. The van der Waals surface area contributed by atoms with E-state index in [0.29, 0.717) is 18.1 Å². The largest absolute Gasteiger partial charge is 0.493 e. The van der Waals surface area contributed by atoms with E-state index in [-0.39, 0.29) is 18.3 Å². The summed E-state index contributed by atoms with van der Waals surface area (Å²) in [6, 6.07) is 8.13. The number of benzene rings is 2. The highest BCUT2D eigenvalue weighted by atomic mass is 35.5. The van der Waals surface area contributed by atoms with Crippen LogP contribution in [0.25, 0.3) is 0 Å². The number of ether oxygens (including phenoxy) is 4. The van der Waals surface area contributed by atoms with Gasteiger partial charge in [0.15, 0.2) is 23.0 Å². The maximum absolute atomic E-state index is 12.8. The first-order valence-corrected chi connectivity index (χ1v) is 11.5. The van der Waals surface area contributed by atoms with Gasteiger partial charge in [0, 0.05) is 25.6 Å². The molecule has 0 aromatic heterocycles. The molecule has 2 aliphatic rings. The van der Waals surface area contributed by atoms with Crippen LogP contribution in [0.15, 0.2) is 24.3 Å². The molecule has 0 bridgehead atoms. The molecule has 1 aliphatic heterocycles. The van der Waals surface area contributed by atoms with Crippen LogP contribution >= 0.6 is 12.4 Å². The summed E-state index contributed by atoms with van der Waals surface area (Å²) in [4.78, 5) is 14.8. The first kappa shape index (κ1) is 26.0. The molecule has 0 unspecified atom stereocenters. The lowest BCUT2D eigenvalue weighted by Gasteiger charge is -2.31. The van der Waals surface area contributed by atoms with E-state index in [4.69, 9.17) is 18.9 Å². The third-order valence-electron chi connectivity index (χ3n) is 6.78. The van der Waals surface area contributed by atoms with Gasteiger partial charge in [0.05, 0.1) is 34.9 Å². The van der Waals surface area contributed by atoms with Gasteiger partial charge >= 0.3 is 0 Å². The van der Waals surface area contributed by atoms with Gasteiger partial charge in [-0.25, -0.2) is 0 Å². The van der Waals surface area contributed by atoms with E-state index in [0.717, 1.165) is 73.8 Å². The van der Waals surface area contributed by atoms with Gasteiger partial charge < -0.3 is 29.2 Å². The van der Waals surface area contributed by atoms with Crippen molar-refractivity contribution >= 4 is 18.3 Å². The zero-order valence-electron chi connectivity index (χ0n) is 20.4. The molecule has 34 heavy (non-hydrogen) atoms. The molecule has 0 saturated carbocycles. The SMILES string of the molecule is COc1cc2c(cc1OC)CC(=O)N(CCCNC[C@H]1Cc3cc(OC)c(OC)cc31)CC2.Cl. The van der Waals surface area contributed by atoms with Gasteiger partial charge in [-0.1, -0.05) is 0 Å². The van der Waals surface area contributed by atoms with Crippen LogP contribution in [0.4, 0.5) is 0 Å². The topological polar surface area (TPSA) is 69.3 Å². The van der Waals surface area contributed by atoms with Gasteiger partial charge in [-0.15, -0.1) is 12.4 Å². The molecule has 1 amide bonds. The quantitative estimate of drug-likeness (QED) is 0.515. The molecule has 1 aliphatic carbocycles. The summed E-state index contributed by atoms with van der Waals surface area (Å²) in [6.45, 7) is 3.32. The van der Waals surface area contributed by atoms with Crippen molar-refractivity contribution in [3.63, 3.8) is 0 Å². The third-order valence-corrected chi connectivity index (χ3v) is 6.78. The lowest BCUT2D eigenvalue weighted by Crippen LogP contribution is -2.35. The first-order valence-electron chi connectivity index (χ1n) is 11.5. The fraction of sp³-hybridized carbons (Fsp3) is 0.500. The molecule has 1 atom stereocenters. The van der Waals surface area contributed by atoms with Gasteiger partial charge in [-0.05, 0) is 72.3 Å². The molecular formula is C26H35ClN2O5. The third kappa shape index (κ3) is 5.36. The van der Waals surface area contributed by atoms with Crippen molar-refractivity contribution in [2.24, 2.45) is 0 Å². The van der Waals surface area contributed by atoms with E-state index in [2.05, 4.69) is 17.4 Å². The molecule has 0 radical (unpaired) electrons. The van der Waals surface area contributed by atoms with Crippen LogP contribution in [0.1, 0.15) is 34.6 Å². The minimum absolute atomic E-state index is 0. The Balaban J connectivity index is 0.00000324. The molecule has 0 fully saturated rings. The summed E-state index contributed by atoms with van der Waals surface area (Å²) in [5, 5.41) is 3.57. The highest BCUT2D eigenvalue weighted by molar-refractivity contribution is 5.85. The fourth-order valence-electron chi connectivity index (χ4n) is 4.84. The number of carbonyl (C=O) groups excluding carboxylic acids is 1. The Labute approximate surface area is 208 Å². The minimum Gasteiger partial charge on any atom is -0.493 e. The van der Waals surface area contributed by atoms with Gasteiger partial charge in [-0.3, -0.25) is 4.79 Å². The standard InChI is InChI=1S/C26H34N2O5.ClH/c1-30-22-11-17-6-9-28(26(29)14-18(17)12-23(22)31-2)8-5-7-27-16-20-10-19-13-24(32-3)25(33-4)15-21(19)20;/h11-13,15,20,27H,5-10,14,16H2,1-4H3;1H/t20-;/m1./s1. The maximum Gasteiger partial charge on any atom is 0.227 e. The number of halogens is 1. The molecule has 7 nitrogen and oxygen atoms in total. The number of hydrogen-bond donors (Lipinski definition) is 1. The van der Waals surface area contributed by atoms with E-state index >= 15 is 0 Å². The Morgan fingerprint density at radius 1 is 0.882 bits per heavy atom. The number of methoxy groups -OCH3 is 4. The average molecular weight is 491 g/mol. The second kappa shape index (κ2) is 11.7. The highest BCUT2D eigenvalue weighted by Crippen LogP contribution is 2.42. The zero-order chi connectivity index (χ0) is 23.4. The van der Waals surface area contributed by atoms with E-state index in [1.807, 2.05) is 17.0 Å². The van der Waals surface area contributed by atoms with Gasteiger partial charge in [-0.2, -0.15) is 0 Å². The average Bonchev–Trinajstić information content (AvgIpc) is 2.97. The van der Waals surface area contributed by atoms with E-state index < -0.39 is 0 Å². The van der Waals surface area contributed by atoms with Crippen LogP contribution in [0, 0.1) is 0 Å². The highest BCUT2D eigenvalue weighted by Gasteiger charge is 2.28. The number of hydrogen-bond acceptors (Lipinski definition) is 6. The van der Waals surface area contributed by atoms with Crippen LogP contribution in [0.5, 0.6) is 23.0 Å². The number of nitrogens with zero attached hydrogens (tertiary/aromatic N) is 1. The summed E-state index contributed by atoms with van der Waals surface area (Å²) in [5.74, 6) is 3.65. The van der Waals surface area contributed by atoms with Crippen LogP contribution in [-0.2, 0) is 24.1 Å². The molecule has 4 rings (SSSR count). The zero-order valence-corrected chi connectivity index (χ0v) is 21.3. The molecule has 186 valence electrons. The smallest absolute Gasteiger partial charge is 0.227 e. The molecule has 0 saturated heterocycles. The van der Waals surface area contributed by atoms with Crippen molar-refractivity contribution in [3.8, 4) is 23.0 Å². The van der Waals surface area contributed by atoms with E-state index in [1.54, 1.807) is 28.4 Å². The molecule has 2 aromatic rings. The van der Waals surface area contributed by atoms with Crippen molar-refractivity contribution in [1.82, 2.24) is 10.2 Å². The van der Waals surface area contributed by atoms with Crippen LogP contribution in [0.3, 0.4) is 0 Å². The number of rotatable bonds is 10. The number of nitrogens with one attached hydrogen (secondary N) is 1. The Hall–Kier alpha value is -2.64. The monoisotopic (exact) mass is 490 g/mol. The van der Waals surface area contributed by atoms with Crippen molar-refractivity contribution < 1.29 is 23.7 Å². The van der Waals surface area contributed by atoms with Crippen LogP contribution in [0.2, 0.25) is 0 Å². The van der Waals surface area contributed by atoms with Gasteiger partial charge in [0.25, 0.3) is 0 Å². The van der Waals surface area contributed by atoms with Crippen LogP contribution in [-0.4, -0.2) is 65.4 Å². The van der Waals surface area contributed by atoms with E-state index in [9.17, 15) is 4.79 Å². The maximum atomic E-state index is 12.8. The fourth-order valence-corrected chi connectivity index (χ4v) is 4.84. The lowest BCUT2D eigenvalue weighted by atomic mass is 9.77. The van der Waals surface area contributed by atoms with Gasteiger partial charge in [0.1, 0.15) is 0 Å². The second-order valence-corrected chi connectivity index (χ2v) is 8.65. The summed E-state index contributed by atoms with van der Waals surface area (Å²) in [7, 11) is 6.60. The molecule has 1 heterocycles. The number of carbonyl (C=O) groups is 1. The predicted octanol–water partition coefficient (Wildman–Crippen LogP) is 3.39. The van der Waals surface area contributed by atoms with Gasteiger partial charge in [0.2, 0.25) is 5.91 Å². The van der Waals surface area contributed by atoms with Crippen molar-refractivity contribution in [2.45, 2.75) is 31.6 Å².